The van der Waals surface area contributed by atoms with E-state index in [0.29, 0.717) is 26.1 Å². The third-order valence-corrected chi connectivity index (χ3v) is 2.46. The highest BCUT2D eigenvalue weighted by atomic mass is 16.5. The van der Waals surface area contributed by atoms with Gasteiger partial charge in [-0.05, 0) is 20.3 Å². The van der Waals surface area contributed by atoms with E-state index >= 15 is 0 Å². The van der Waals surface area contributed by atoms with Crippen LogP contribution in [0.25, 0.3) is 0 Å². The summed E-state index contributed by atoms with van der Waals surface area (Å²) in [5.41, 5.74) is 5.13. The fourth-order valence-corrected chi connectivity index (χ4v) is 1.12. The molecule has 0 spiro atoms. The van der Waals surface area contributed by atoms with Crippen molar-refractivity contribution in [3.63, 3.8) is 0 Å². The molecule has 1 amide bonds. The molecule has 0 aliphatic rings. The molecule has 0 aromatic carbocycles. The second-order valence-electron chi connectivity index (χ2n) is 3.65. The van der Waals surface area contributed by atoms with E-state index in [1.54, 1.807) is 18.9 Å². The van der Waals surface area contributed by atoms with Gasteiger partial charge in [-0.2, -0.15) is 0 Å². The van der Waals surface area contributed by atoms with Crippen LogP contribution in [0.5, 0.6) is 0 Å². The Morgan fingerprint density at radius 1 is 1.50 bits per heavy atom. The first-order chi connectivity index (χ1) is 6.49. The van der Waals surface area contributed by atoms with E-state index in [1.807, 2.05) is 13.8 Å². The van der Waals surface area contributed by atoms with E-state index in [9.17, 15) is 4.79 Å². The zero-order valence-electron chi connectivity index (χ0n) is 9.67. The van der Waals surface area contributed by atoms with Gasteiger partial charge in [0.05, 0.1) is 12.1 Å². The average Bonchev–Trinajstić information content (AvgIpc) is 2.18. The molecule has 0 bridgehead atoms. The van der Waals surface area contributed by atoms with Crippen molar-refractivity contribution >= 4 is 5.91 Å². The molecule has 84 valence electrons. The molecule has 0 saturated carbocycles. The van der Waals surface area contributed by atoms with E-state index in [-0.39, 0.29) is 5.91 Å². The van der Waals surface area contributed by atoms with Gasteiger partial charge in [-0.15, -0.1) is 0 Å². The summed E-state index contributed by atoms with van der Waals surface area (Å²) >= 11 is 0. The summed E-state index contributed by atoms with van der Waals surface area (Å²) in [5.74, 6) is -0.000417. The van der Waals surface area contributed by atoms with E-state index in [4.69, 9.17) is 10.5 Å². The first-order valence-corrected chi connectivity index (χ1v) is 5.06. The number of likely N-dealkylation sites (N-methyl/N-ethyl adjacent to an activating group) is 1. The van der Waals surface area contributed by atoms with Crippen molar-refractivity contribution in [3.05, 3.63) is 0 Å². The fourth-order valence-electron chi connectivity index (χ4n) is 1.12. The van der Waals surface area contributed by atoms with Gasteiger partial charge >= 0.3 is 0 Å². The number of methoxy groups -OCH3 is 1. The largest absolute Gasteiger partial charge is 0.383 e. The second-order valence-corrected chi connectivity index (χ2v) is 3.65. The van der Waals surface area contributed by atoms with Crippen molar-refractivity contribution in [3.8, 4) is 0 Å². The molecule has 0 saturated heterocycles. The first-order valence-electron chi connectivity index (χ1n) is 5.06. The smallest absolute Gasteiger partial charge is 0.242 e. The zero-order valence-corrected chi connectivity index (χ0v) is 9.67. The van der Waals surface area contributed by atoms with Crippen LogP contribution in [0.1, 0.15) is 27.2 Å². The topological polar surface area (TPSA) is 55.6 Å². The highest BCUT2D eigenvalue weighted by molar-refractivity contribution is 5.85. The Hall–Kier alpha value is -0.610. The molecule has 1 unspecified atom stereocenters. The lowest BCUT2D eigenvalue weighted by molar-refractivity contribution is -0.136. The summed E-state index contributed by atoms with van der Waals surface area (Å²) in [6, 6.07) is 0. The summed E-state index contributed by atoms with van der Waals surface area (Å²) in [7, 11) is 1.62. The molecule has 0 aliphatic carbocycles. The number of amides is 1. The van der Waals surface area contributed by atoms with Crippen molar-refractivity contribution in [1.29, 1.82) is 0 Å². The minimum atomic E-state index is -0.746. The van der Waals surface area contributed by atoms with Gasteiger partial charge in [0.25, 0.3) is 0 Å². The Morgan fingerprint density at radius 2 is 2.07 bits per heavy atom. The van der Waals surface area contributed by atoms with Crippen molar-refractivity contribution < 1.29 is 9.53 Å². The highest BCUT2D eigenvalue weighted by Gasteiger charge is 2.29. The number of hydrogen-bond donors (Lipinski definition) is 1. The maximum atomic E-state index is 11.9. The summed E-state index contributed by atoms with van der Waals surface area (Å²) < 4.78 is 4.94. The van der Waals surface area contributed by atoms with Crippen LogP contribution in [-0.4, -0.2) is 43.2 Å². The maximum Gasteiger partial charge on any atom is 0.242 e. The van der Waals surface area contributed by atoms with Crippen molar-refractivity contribution in [2.24, 2.45) is 5.73 Å². The van der Waals surface area contributed by atoms with E-state index in [0.717, 1.165) is 0 Å². The number of hydrogen-bond acceptors (Lipinski definition) is 3. The Balaban J connectivity index is 4.30. The molecule has 2 N–H and O–H groups in total. The number of rotatable bonds is 6. The third kappa shape index (κ3) is 3.64. The first kappa shape index (κ1) is 13.4. The predicted octanol–water partition coefficient (Wildman–Crippen LogP) is 0.609. The van der Waals surface area contributed by atoms with Gasteiger partial charge in [-0.25, -0.2) is 0 Å². The quantitative estimate of drug-likeness (QED) is 0.686. The van der Waals surface area contributed by atoms with Crippen LogP contribution in [0.15, 0.2) is 0 Å². The standard InChI is InChI=1S/C10H22N2O2/c1-5-10(3,11)9(13)12(6-2)7-8-14-4/h5-8,11H2,1-4H3. The predicted molar refractivity (Wildman–Crippen MR) is 57.0 cm³/mol. The van der Waals surface area contributed by atoms with Crippen LogP contribution in [0.2, 0.25) is 0 Å². The number of carbonyl (C=O) groups is 1. The Kier molecular flexibility index (Phi) is 5.72. The molecular weight excluding hydrogens is 180 g/mol. The molecule has 0 radical (unpaired) electrons. The van der Waals surface area contributed by atoms with Gasteiger partial charge in [0.2, 0.25) is 5.91 Å². The maximum absolute atomic E-state index is 11.9. The van der Waals surface area contributed by atoms with Gasteiger partial charge in [-0.1, -0.05) is 6.92 Å². The molecule has 0 fully saturated rings. The molecule has 0 aliphatic heterocycles. The number of carbonyl (C=O) groups excluding carboxylic acids is 1. The molecule has 4 heteroatoms. The molecule has 0 aromatic heterocycles. The third-order valence-electron chi connectivity index (χ3n) is 2.46. The molecule has 0 heterocycles. The number of nitrogens with two attached hydrogens (primary N) is 1. The van der Waals surface area contributed by atoms with Crippen molar-refractivity contribution in [2.75, 3.05) is 26.8 Å². The number of ether oxygens (including phenoxy) is 1. The molecular formula is C10H22N2O2. The second kappa shape index (κ2) is 5.98. The summed E-state index contributed by atoms with van der Waals surface area (Å²) in [5, 5.41) is 0. The highest BCUT2D eigenvalue weighted by Crippen LogP contribution is 2.09. The molecule has 0 rings (SSSR count). The van der Waals surface area contributed by atoms with Crippen LogP contribution in [0.4, 0.5) is 0 Å². The SMILES string of the molecule is CCN(CCOC)C(=O)C(C)(N)CC. The van der Waals surface area contributed by atoms with E-state index in [1.165, 1.54) is 0 Å². The summed E-state index contributed by atoms with van der Waals surface area (Å²) in [6.07, 6.45) is 0.648. The van der Waals surface area contributed by atoms with Gasteiger partial charge in [0.15, 0.2) is 0 Å². The van der Waals surface area contributed by atoms with Crippen molar-refractivity contribution in [1.82, 2.24) is 4.90 Å². The minimum Gasteiger partial charge on any atom is -0.383 e. The van der Waals surface area contributed by atoms with Crippen LogP contribution in [0.3, 0.4) is 0 Å². The summed E-state index contributed by atoms with van der Waals surface area (Å²) in [4.78, 5) is 13.6. The van der Waals surface area contributed by atoms with Crippen LogP contribution in [0, 0.1) is 0 Å². The normalized spacial score (nSPS) is 14.9. The lowest BCUT2D eigenvalue weighted by Gasteiger charge is -2.30. The number of nitrogens with zero attached hydrogens (tertiary/aromatic N) is 1. The van der Waals surface area contributed by atoms with Crippen LogP contribution < -0.4 is 5.73 Å². The van der Waals surface area contributed by atoms with Crippen LogP contribution >= 0.6 is 0 Å². The van der Waals surface area contributed by atoms with Gasteiger partial charge in [-0.3, -0.25) is 4.79 Å². The van der Waals surface area contributed by atoms with Gasteiger partial charge in [0, 0.05) is 20.2 Å². The van der Waals surface area contributed by atoms with Crippen LogP contribution in [-0.2, 0) is 9.53 Å². The molecule has 14 heavy (non-hydrogen) atoms. The average molecular weight is 202 g/mol. The Labute approximate surface area is 86.4 Å². The van der Waals surface area contributed by atoms with E-state index < -0.39 is 5.54 Å². The zero-order chi connectivity index (χ0) is 11.2. The monoisotopic (exact) mass is 202 g/mol. The molecule has 0 aromatic rings. The van der Waals surface area contributed by atoms with Crippen molar-refractivity contribution in [2.45, 2.75) is 32.7 Å². The Bertz CT molecular complexity index is 181. The minimum absolute atomic E-state index is 0.000417. The summed E-state index contributed by atoms with van der Waals surface area (Å²) in [6.45, 7) is 7.47. The lowest BCUT2D eigenvalue weighted by Crippen LogP contribution is -2.53. The lowest BCUT2D eigenvalue weighted by atomic mass is 9.98. The van der Waals surface area contributed by atoms with Gasteiger partial charge in [0.1, 0.15) is 0 Å². The van der Waals surface area contributed by atoms with Gasteiger partial charge < -0.3 is 15.4 Å². The van der Waals surface area contributed by atoms with E-state index in [2.05, 4.69) is 0 Å². The molecule has 4 nitrogen and oxygen atoms in total. The Morgan fingerprint density at radius 3 is 2.43 bits per heavy atom. The fraction of sp³-hybridized carbons (Fsp3) is 0.900. The molecule has 1 atom stereocenters.